The fourth-order valence-electron chi connectivity index (χ4n) is 1.78. The van der Waals surface area contributed by atoms with Crippen molar-refractivity contribution >= 4 is 117 Å². The van der Waals surface area contributed by atoms with E-state index in [4.69, 9.17) is 23.2 Å². The molecule has 0 saturated heterocycles. The van der Waals surface area contributed by atoms with Gasteiger partial charge in [0, 0.05) is 23.3 Å². The quantitative estimate of drug-likeness (QED) is 0.161. The van der Waals surface area contributed by atoms with Crippen molar-refractivity contribution in [2.45, 2.75) is 12.8 Å². The maximum atomic E-state index is 9.18. The predicted octanol–water partition coefficient (Wildman–Crippen LogP) is 7.50. The van der Waals surface area contributed by atoms with E-state index in [9.17, 15) is 10.2 Å². The molecule has 0 bridgehead atoms. The normalized spacial score (nSPS) is 17.6. The zero-order valence-electron chi connectivity index (χ0n) is 15.0. The maximum Gasteiger partial charge on any atom is 0.0717 e. The van der Waals surface area contributed by atoms with E-state index in [1.54, 1.807) is 23.5 Å². The first-order chi connectivity index (χ1) is 13.7. The summed E-state index contributed by atoms with van der Waals surface area (Å²) >= 11 is 26.3. The molecule has 2 rings (SSSR count). The second-order valence-electron chi connectivity index (χ2n) is 5.06. The van der Waals surface area contributed by atoms with Gasteiger partial charge in [-0.3, -0.25) is 0 Å². The molecule has 0 aromatic heterocycles. The highest BCUT2D eigenvalue weighted by Gasteiger charge is 2.30. The Morgan fingerprint density at radius 3 is 1.18 bits per heavy atom. The van der Waals surface area contributed by atoms with E-state index >= 15 is 0 Å². The van der Waals surface area contributed by atoms with E-state index < -0.39 is 0 Å². The Morgan fingerprint density at radius 2 is 0.893 bits per heavy atom. The molecule has 0 fully saturated rings. The largest absolute Gasteiger partial charge is 0.396 e. The van der Waals surface area contributed by atoms with Gasteiger partial charge < -0.3 is 10.2 Å². The molecule has 0 aromatic rings. The lowest BCUT2D eigenvalue weighted by atomic mass is 10.6. The van der Waals surface area contributed by atoms with Gasteiger partial charge >= 0.3 is 0 Å². The summed E-state index contributed by atoms with van der Waals surface area (Å²) in [6.07, 6.45) is 2.03. The molecule has 28 heavy (non-hydrogen) atoms. The summed E-state index contributed by atoms with van der Waals surface area (Å²) in [5.41, 5.74) is 0. The van der Waals surface area contributed by atoms with E-state index in [0.717, 1.165) is 24.3 Å². The van der Waals surface area contributed by atoms with Crippen LogP contribution in [-0.4, -0.2) is 58.2 Å². The molecule has 0 aliphatic carbocycles. The van der Waals surface area contributed by atoms with E-state index in [0.29, 0.717) is 23.3 Å². The first-order valence-electron chi connectivity index (χ1n) is 8.52. The summed E-state index contributed by atoms with van der Waals surface area (Å²) in [6.45, 7) is 0.355. The minimum Gasteiger partial charge on any atom is -0.396 e. The summed E-state index contributed by atoms with van der Waals surface area (Å²) < 4.78 is 7.94. The fourth-order valence-corrected chi connectivity index (χ4v) is 14.0. The monoisotopic (exact) mass is 572 g/mol. The van der Waals surface area contributed by atoms with Crippen molar-refractivity contribution in [3.05, 3.63) is 25.4 Å². The van der Waals surface area contributed by atoms with Crippen LogP contribution in [0.2, 0.25) is 0 Å². The van der Waals surface area contributed by atoms with Gasteiger partial charge in [0.2, 0.25) is 0 Å². The van der Waals surface area contributed by atoms with Crippen LogP contribution in [0.25, 0.3) is 0 Å². The number of hydrogen-bond acceptors (Lipinski definition) is 10. The number of aliphatic hydroxyl groups is 2. The molecule has 0 atom stereocenters. The highest BCUT2D eigenvalue weighted by Crippen LogP contribution is 2.66. The third kappa shape index (κ3) is 9.17. The van der Waals surface area contributed by atoms with Crippen molar-refractivity contribution in [2.75, 3.05) is 48.0 Å². The minimum atomic E-state index is 0.178. The first-order valence-corrected chi connectivity index (χ1v) is 16.8. The molecular formula is C16H22Cl2O2S8. The number of halogens is 2. The van der Waals surface area contributed by atoms with Gasteiger partial charge in [-0.05, 0) is 24.3 Å². The van der Waals surface area contributed by atoms with E-state index in [-0.39, 0.29) is 13.2 Å². The number of hydrogen-bond donors (Lipinski definition) is 2. The van der Waals surface area contributed by atoms with E-state index in [1.165, 1.54) is 25.4 Å². The van der Waals surface area contributed by atoms with Gasteiger partial charge in [0.05, 0.1) is 38.6 Å². The molecule has 2 nitrogen and oxygen atoms in total. The molecular weight excluding hydrogens is 552 g/mol. The molecule has 0 spiro atoms. The number of alkyl halides is 2. The number of thioether (sulfide) groups is 8. The zero-order chi connectivity index (χ0) is 20.2. The topological polar surface area (TPSA) is 40.5 Å². The molecule has 0 radical (unpaired) electrons. The molecule has 2 aliphatic rings. The summed E-state index contributed by atoms with van der Waals surface area (Å²) in [6, 6.07) is 0. The molecule has 2 aliphatic heterocycles. The third-order valence-electron chi connectivity index (χ3n) is 2.91. The Balaban J connectivity index is 2.06. The summed E-state index contributed by atoms with van der Waals surface area (Å²) in [5, 5.41) is 18.4. The van der Waals surface area contributed by atoms with Gasteiger partial charge in [-0.15, -0.1) is 70.2 Å². The zero-order valence-corrected chi connectivity index (χ0v) is 23.0. The Morgan fingerprint density at radius 1 is 0.571 bits per heavy atom. The number of aliphatic hydroxyl groups excluding tert-OH is 2. The van der Waals surface area contributed by atoms with Gasteiger partial charge in [0.25, 0.3) is 0 Å². The van der Waals surface area contributed by atoms with Crippen LogP contribution in [0.5, 0.6) is 0 Å². The van der Waals surface area contributed by atoms with Gasteiger partial charge in [-0.25, -0.2) is 0 Å². The van der Waals surface area contributed by atoms with Crippen LogP contribution in [0.3, 0.4) is 0 Å². The van der Waals surface area contributed by atoms with Crippen LogP contribution >= 0.6 is 117 Å². The summed E-state index contributed by atoms with van der Waals surface area (Å²) in [5.74, 6) is 4.89. The fraction of sp³-hybridized carbons (Fsp3) is 0.625. The van der Waals surface area contributed by atoms with Crippen molar-refractivity contribution in [1.29, 1.82) is 0 Å². The maximum absolute atomic E-state index is 9.18. The van der Waals surface area contributed by atoms with E-state index in [1.807, 2.05) is 70.6 Å². The standard InChI is InChI=1S/C16H22Cl2O2S8/c17-3-1-7-21-11-12(22-8-2-4-18)26-15(25-11)16-27-13(23-9-5-19)14(28-16)24-10-6-20/h19-20H,1-10H2. The second kappa shape index (κ2) is 16.2. The third-order valence-corrected chi connectivity index (χ3v) is 15.2. The van der Waals surface area contributed by atoms with Crippen molar-refractivity contribution in [1.82, 2.24) is 0 Å². The van der Waals surface area contributed by atoms with Crippen LogP contribution in [0.4, 0.5) is 0 Å². The molecule has 0 aromatic carbocycles. The lowest BCUT2D eigenvalue weighted by Crippen LogP contribution is -1.87. The van der Waals surface area contributed by atoms with Crippen LogP contribution < -0.4 is 0 Å². The Kier molecular flexibility index (Phi) is 15.5. The van der Waals surface area contributed by atoms with Crippen LogP contribution in [0, 0.1) is 0 Å². The van der Waals surface area contributed by atoms with Crippen molar-refractivity contribution in [3.8, 4) is 0 Å². The summed E-state index contributed by atoms with van der Waals surface area (Å²) in [4.78, 5) is 0. The predicted molar refractivity (Wildman–Crippen MR) is 146 cm³/mol. The van der Waals surface area contributed by atoms with E-state index in [2.05, 4.69) is 0 Å². The number of rotatable bonds is 14. The van der Waals surface area contributed by atoms with Crippen molar-refractivity contribution < 1.29 is 10.2 Å². The molecule has 0 saturated carbocycles. The lowest BCUT2D eigenvalue weighted by molar-refractivity contribution is 0.322. The van der Waals surface area contributed by atoms with Gasteiger partial charge in [0.1, 0.15) is 0 Å². The van der Waals surface area contributed by atoms with Gasteiger partial charge in [0.15, 0.2) is 0 Å². The first kappa shape index (κ1) is 26.8. The highest BCUT2D eigenvalue weighted by atomic mass is 35.5. The average molecular weight is 574 g/mol. The van der Waals surface area contributed by atoms with Crippen LogP contribution in [-0.2, 0) is 0 Å². The molecule has 2 N–H and O–H groups in total. The van der Waals surface area contributed by atoms with Gasteiger partial charge in [-0.2, -0.15) is 0 Å². The molecule has 0 unspecified atom stereocenters. The molecule has 2 heterocycles. The van der Waals surface area contributed by atoms with Crippen molar-refractivity contribution in [2.24, 2.45) is 0 Å². The Bertz CT molecular complexity index is 551. The molecule has 0 amide bonds. The second-order valence-corrected chi connectivity index (χ2v) is 15.9. The summed E-state index contributed by atoms with van der Waals surface area (Å²) in [7, 11) is 0. The van der Waals surface area contributed by atoms with Crippen LogP contribution in [0.15, 0.2) is 25.4 Å². The Labute approximate surface area is 211 Å². The van der Waals surface area contributed by atoms with Crippen LogP contribution in [0.1, 0.15) is 12.8 Å². The SMILES string of the molecule is OCCSC1=C(SCCO)SC(=C2SC(SCCCCl)=C(SCCCCl)S2)S1. The van der Waals surface area contributed by atoms with Gasteiger partial charge in [-0.1, -0.05) is 47.0 Å². The molecule has 12 heteroatoms. The average Bonchev–Trinajstić information content (AvgIpc) is 3.29. The smallest absolute Gasteiger partial charge is 0.0717 e. The minimum absolute atomic E-state index is 0.178. The van der Waals surface area contributed by atoms with Crippen molar-refractivity contribution in [3.63, 3.8) is 0 Å². The lowest BCUT2D eigenvalue weighted by Gasteiger charge is -2.03. The molecule has 160 valence electrons. The Hall–Kier alpha value is 2.52. The highest BCUT2D eigenvalue weighted by molar-refractivity contribution is 8.45.